The number of aryl methyl sites for hydroxylation is 1. The number of aromatic nitrogens is 3. The van der Waals surface area contributed by atoms with Crippen LogP contribution in [0, 0.1) is 0 Å². The summed E-state index contributed by atoms with van der Waals surface area (Å²) >= 11 is 1.35. The zero-order valence-electron chi connectivity index (χ0n) is 14.4. The molecule has 3 N–H and O–H groups in total. The van der Waals surface area contributed by atoms with Crippen molar-refractivity contribution in [2.24, 2.45) is 5.14 Å². The van der Waals surface area contributed by atoms with E-state index in [1.54, 1.807) is 13.0 Å². The molecule has 26 heavy (non-hydrogen) atoms. The van der Waals surface area contributed by atoms with E-state index in [1.165, 1.54) is 36.4 Å². The summed E-state index contributed by atoms with van der Waals surface area (Å²) < 4.78 is 24.9. The van der Waals surface area contributed by atoms with E-state index < -0.39 is 15.3 Å². The zero-order chi connectivity index (χ0) is 18.7. The predicted molar refractivity (Wildman–Crippen MR) is 99.3 cm³/mol. The number of carbonyl (C=O) groups excluding carboxylic acids is 1. The number of fused-ring (bicyclic) bond motifs is 1. The molecule has 140 valence electrons. The second kappa shape index (κ2) is 7.77. The van der Waals surface area contributed by atoms with E-state index >= 15 is 0 Å². The summed E-state index contributed by atoms with van der Waals surface area (Å²) in [6, 6.07) is 5.88. The molecule has 0 spiro atoms. The molecule has 2 heterocycles. The fourth-order valence-corrected chi connectivity index (χ4v) is 4.21. The number of anilines is 1. The average Bonchev–Trinajstić information content (AvgIpc) is 2.81. The summed E-state index contributed by atoms with van der Waals surface area (Å²) in [5, 5.41) is 16.6. The molecule has 0 saturated carbocycles. The highest BCUT2D eigenvalue weighted by Crippen LogP contribution is 2.26. The van der Waals surface area contributed by atoms with Gasteiger partial charge in [0.05, 0.1) is 10.1 Å². The number of rotatable bonds is 5. The lowest BCUT2D eigenvalue weighted by molar-refractivity contribution is -0.115. The van der Waals surface area contributed by atoms with Crippen molar-refractivity contribution in [3.8, 4) is 0 Å². The first-order chi connectivity index (χ1) is 12.3. The monoisotopic (exact) mass is 395 g/mol. The van der Waals surface area contributed by atoms with Gasteiger partial charge < -0.3 is 9.88 Å². The van der Waals surface area contributed by atoms with Crippen LogP contribution in [0.3, 0.4) is 0 Å². The summed E-state index contributed by atoms with van der Waals surface area (Å²) in [5.41, 5.74) is 0.383. The molecule has 1 atom stereocenters. The second-order valence-electron chi connectivity index (χ2n) is 6.18. The fraction of sp³-hybridized carbons (Fsp3) is 0.438. The maximum Gasteiger partial charge on any atom is 0.238 e. The van der Waals surface area contributed by atoms with Gasteiger partial charge >= 0.3 is 0 Å². The van der Waals surface area contributed by atoms with Gasteiger partial charge in [-0.15, -0.1) is 10.2 Å². The van der Waals surface area contributed by atoms with Crippen molar-refractivity contribution in [1.82, 2.24) is 14.8 Å². The molecule has 1 amide bonds. The van der Waals surface area contributed by atoms with Crippen LogP contribution in [0.4, 0.5) is 5.69 Å². The Balaban J connectivity index is 1.68. The Bertz CT molecular complexity index is 910. The van der Waals surface area contributed by atoms with Crippen LogP contribution in [0.2, 0.25) is 0 Å². The quantitative estimate of drug-likeness (QED) is 0.745. The molecule has 1 aliphatic heterocycles. The molecule has 1 aromatic carbocycles. The Kier molecular flexibility index (Phi) is 5.64. The van der Waals surface area contributed by atoms with Gasteiger partial charge in [-0.05, 0) is 38.0 Å². The molecule has 0 radical (unpaired) electrons. The molecular weight excluding hydrogens is 374 g/mol. The fourth-order valence-electron chi connectivity index (χ4n) is 2.75. The average molecular weight is 396 g/mol. The third-order valence-electron chi connectivity index (χ3n) is 4.16. The van der Waals surface area contributed by atoms with Crippen LogP contribution in [-0.4, -0.2) is 34.3 Å². The Morgan fingerprint density at radius 2 is 2.12 bits per heavy atom. The number of sulfonamides is 1. The third-order valence-corrected chi connectivity index (χ3v) is 6.15. The molecule has 1 unspecified atom stereocenters. The number of hydrogen-bond donors (Lipinski definition) is 2. The van der Waals surface area contributed by atoms with E-state index in [9.17, 15) is 13.2 Å². The van der Waals surface area contributed by atoms with Crippen LogP contribution < -0.4 is 10.5 Å². The number of carbonyl (C=O) groups is 1. The summed E-state index contributed by atoms with van der Waals surface area (Å²) in [5.74, 6) is 0.728. The van der Waals surface area contributed by atoms with Crippen molar-refractivity contribution in [1.29, 1.82) is 0 Å². The van der Waals surface area contributed by atoms with Gasteiger partial charge in [0, 0.05) is 18.7 Å². The highest BCUT2D eigenvalue weighted by atomic mass is 32.2. The first-order valence-corrected chi connectivity index (χ1v) is 10.8. The number of amides is 1. The van der Waals surface area contributed by atoms with E-state index in [2.05, 4.69) is 20.1 Å². The maximum atomic E-state index is 12.5. The van der Waals surface area contributed by atoms with Gasteiger partial charge in [0.15, 0.2) is 5.16 Å². The summed E-state index contributed by atoms with van der Waals surface area (Å²) in [6.45, 7) is 2.65. The minimum Gasteiger partial charge on any atom is -0.325 e. The summed E-state index contributed by atoms with van der Waals surface area (Å²) in [7, 11) is -3.81. The van der Waals surface area contributed by atoms with Gasteiger partial charge in [-0.25, -0.2) is 13.6 Å². The molecule has 10 heteroatoms. The van der Waals surface area contributed by atoms with Crippen LogP contribution in [0.1, 0.15) is 32.0 Å². The molecule has 0 saturated heterocycles. The van der Waals surface area contributed by atoms with E-state index in [0.717, 1.165) is 36.8 Å². The molecular formula is C16H21N5O3S2. The van der Waals surface area contributed by atoms with Crippen molar-refractivity contribution in [3.63, 3.8) is 0 Å². The standard InChI is InChI=1S/C16H21N5O3S2/c1-11(25-16-20-19-14-8-3-2-4-9-21(14)16)15(22)18-12-6-5-7-13(10-12)26(17,23)24/h5-7,10-11H,2-4,8-9H2,1H3,(H,18,22)(H2,17,23,24). The molecule has 0 bridgehead atoms. The van der Waals surface area contributed by atoms with Crippen LogP contribution >= 0.6 is 11.8 Å². The minimum atomic E-state index is -3.81. The van der Waals surface area contributed by atoms with Crippen LogP contribution in [0.15, 0.2) is 34.3 Å². The lowest BCUT2D eigenvalue weighted by Crippen LogP contribution is -2.23. The smallest absolute Gasteiger partial charge is 0.238 e. The zero-order valence-corrected chi connectivity index (χ0v) is 16.0. The highest BCUT2D eigenvalue weighted by Gasteiger charge is 2.21. The molecule has 0 aliphatic carbocycles. The third kappa shape index (κ3) is 4.43. The van der Waals surface area contributed by atoms with Crippen molar-refractivity contribution in [3.05, 3.63) is 30.1 Å². The molecule has 0 fully saturated rings. The lowest BCUT2D eigenvalue weighted by atomic mass is 10.2. The minimum absolute atomic E-state index is 0.0432. The van der Waals surface area contributed by atoms with E-state index in [-0.39, 0.29) is 10.8 Å². The largest absolute Gasteiger partial charge is 0.325 e. The first-order valence-electron chi connectivity index (χ1n) is 8.37. The number of nitrogens with two attached hydrogens (primary N) is 1. The van der Waals surface area contributed by atoms with E-state index in [4.69, 9.17) is 5.14 Å². The normalized spacial score (nSPS) is 15.8. The van der Waals surface area contributed by atoms with Gasteiger partial charge in [0.1, 0.15) is 5.82 Å². The number of thioether (sulfide) groups is 1. The van der Waals surface area contributed by atoms with Crippen LogP contribution in [-0.2, 0) is 27.8 Å². The molecule has 1 aromatic heterocycles. The van der Waals surface area contributed by atoms with Gasteiger partial charge in [0.2, 0.25) is 15.9 Å². The lowest BCUT2D eigenvalue weighted by Gasteiger charge is -2.13. The van der Waals surface area contributed by atoms with Crippen molar-refractivity contribution < 1.29 is 13.2 Å². The number of hydrogen-bond acceptors (Lipinski definition) is 6. The Morgan fingerprint density at radius 1 is 1.31 bits per heavy atom. The van der Waals surface area contributed by atoms with Crippen LogP contribution in [0.25, 0.3) is 0 Å². The number of benzene rings is 1. The second-order valence-corrected chi connectivity index (χ2v) is 9.05. The van der Waals surface area contributed by atoms with Gasteiger partial charge in [-0.3, -0.25) is 4.79 Å². The van der Waals surface area contributed by atoms with Gasteiger partial charge in [-0.2, -0.15) is 0 Å². The first kappa shape index (κ1) is 18.9. The molecule has 8 nitrogen and oxygen atoms in total. The maximum absolute atomic E-state index is 12.5. The number of primary sulfonamides is 1. The summed E-state index contributed by atoms with van der Waals surface area (Å²) in [6.07, 6.45) is 4.27. The SMILES string of the molecule is CC(Sc1nnc2n1CCCCC2)C(=O)Nc1cccc(S(N)(=O)=O)c1. The van der Waals surface area contributed by atoms with Crippen molar-refractivity contribution >= 4 is 33.4 Å². The highest BCUT2D eigenvalue weighted by molar-refractivity contribution is 8.00. The molecule has 3 rings (SSSR count). The number of nitrogens with zero attached hydrogens (tertiary/aromatic N) is 3. The topological polar surface area (TPSA) is 120 Å². The van der Waals surface area contributed by atoms with Crippen molar-refractivity contribution in [2.75, 3.05) is 5.32 Å². The van der Waals surface area contributed by atoms with Crippen LogP contribution in [0.5, 0.6) is 0 Å². The molecule has 2 aromatic rings. The Hall–Kier alpha value is -1.91. The van der Waals surface area contributed by atoms with E-state index in [1.807, 2.05) is 0 Å². The Labute approximate surface area is 156 Å². The van der Waals surface area contributed by atoms with Crippen molar-refractivity contribution in [2.45, 2.75) is 54.5 Å². The van der Waals surface area contributed by atoms with E-state index in [0.29, 0.717) is 5.69 Å². The van der Waals surface area contributed by atoms with Gasteiger partial charge in [-0.1, -0.05) is 24.2 Å². The van der Waals surface area contributed by atoms with Gasteiger partial charge in [0.25, 0.3) is 0 Å². The predicted octanol–water partition coefficient (Wildman–Crippen LogP) is 1.77. The number of nitrogens with one attached hydrogen (secondary N) is 1. The molecule has 1 aliphatic rings. The summed E-state index contributed by atoms with van der Waals surface area (Å²) in [4.78, 5) is 12.4. The Morgan fingerprint density at radius 3 is 2.88 bits per heavy atom.